The van der Waals surface area contributed by atoms with Crippen molar-refractivity contribution in [2.24, 2.45) is 5.92 Å². The molecule has 0 N–H and O–H groups in total. The van der Waals surface area contributed by atoms with E-state index in [0.717, 1.165) is 12.1 Å². The molecule has 16 heavy (non-hydrogen) atoms. The van der Waals surface area contributed by atoms with Gasteiger partial charge in [-0.05, 0) is 23.6 Å². The van der Waals surface area contributed by atoms with Crippen molar-refractivity contribution in [2.45, 2.75) is 13.0 Å². The molecule has 0 aliphatic carbocycles. The first-order valence-corrected chi connectivity index (χ1v) is 6.18. The van der Waals surface area contributed by atoms with E-state index in [9.17, 15) is 4.79 Å². The van der Waals surface area contributed by atoms with Crippen molar-refractivity contribution in [1.29, 1.82) is 0 Å². The van der Waals surface area contributed by atoms with Crippen LogP contribution in [0.1, 0.15) is 12.0 Å². The molecule has 4 heteroatoms. The van der Waals surface area contributed by atoms with Crippen molar-refractivity contribution in [2.75, 3.05) is 12.4 Å². The fraction of sp³-hybridized carbons (Fsp3) is 0.417. The molecule has 2 rings (SSSR count). The Kier molecular flexibility index (Phi) is 3.72. The lowest BCUT2D eigenvalue weighted by molar-refractivity contribution is -0.128. The molecule has 1 saturated heterocycles. The minimum Gasteiger partial charge on any atom is -0.338 e. The van der Waals surface area contributed by atoms with Gasteiger partial charge >= 0.3 is 0 Å². The van der Waals surface area contributed by atoms with E-state index in [1.807, 2.05) is 29.2 Å². The third-order valence-electron chi connectivity index (χ3n) is 2.78. The smallest absolute Gasteiger partial charge is 0.223 e. The number of benzene rings is 1. The summed E-state index contributed by atoms with van der Waals surface area (Å²) < 4.78 is 0. The monoisotopic (exact) mass is 257 g/mol. The maximum absolute atomic E-state index is 11.7. The molecule has 1 aromatic rings. The number of nitrogens with zero attached hydrogens (tertiary/aromatic N) is 1. The zero-order valence-electron chi connectivity index (χ0n) is 8.83. The average molecular weight is 258 g/mol. The Hall–Kier alpha value is -0.730. The van der Waals surface area contributed by atoms with Crippen LogP contribution in [0.15, 0.2) is 24.3 Å². The van der Waals surface area contributed by atoms with Gasteiger partial charge in [-0.3, -0.25) is 4.79 Å². The Labute approximate surface area is 105 Å². The fourth-order valence-electron chi connectivity index (χ4n) is 1.97. The van der Waals surface area contributed by atoms with Crippen molar-refractivity contribution in [1.82, 2.24) is 4.90 Å². The highest BCUT2D eigenvalue weighted by atomic mass is 35.5. The van der Waals surface area contributed by atoms with E-state index in [2.05, 4.69) is 0 Å². The van der Waals surface area contributed by atoms with E-state index in [1.165, 1.54) is 0 Å². The van der Waals surface area contributed by atoms with Crippen LogP contribution < -0.4 is 0 Å². The summed E-state index contributed by atoms with van der Waals surface area (Å²) in [5.74, 6) is 1.04. The highest BCUT2D eigenvalue weighted by Gasteiger charge is 2.28. The third-order valence-corrected chi connectivity index (χ3v) is 3.45. The topological polar surface area (TPSA) is 20.3 Å². The van der Waals surface area contributed by atoms with E-state index in [0.29, 0.717) is 29.8 Å². The quantitative estimate of drug-likeness (QED) is 0.763. The number of hydrogen-bond donors (Lipinski definition) is 0. The van der Waals surface area contributed by atoms with E-state index in [1.54, 1.807) is 0 Å². The molecule has 1 aliphatic heterocycles. The summed E-state index contributed by atoms with van der Waals surface area (Å²) in [6.45, 7) is 1.39. The lowest BCUT2D eigenvalue weighted by atomic mass is 10.1. The number of likely N-dealkylation sites (tertiary alicyclic amines) is 1. The maximum Gasteiger partial charge on any atom is 0.223 e. The molecule has 1 aliphatic rings. The van der Waals surface area contributed by atoms with Crippen LogP contribution in [0.25, 0.3) is 0 Å². The van der Waals surface area contributed by atoms with Gasteiger partial charge in [0.2, 0.25) is 5.91 Å². The Morgan fingerprint density at radius 2 is 2.25 bits per heavy atom. The SMILES string of the molecule is O=C1CC(CCl)CN1Cc1cccc(Cl)c1. The standard InChI is InChI=1S/C12H13Cl2NO/c13-6-10-5-12(16)15(8-10)7-9-2-1-3-11(14)4-9/h1-4,10H,5-8H2. The molecule has 1 heterocycles. The number of amides is 1. The third kappa shape index (κ3) is 2.69. The summed E-state index contributed by atoms with van der Waals surface area (Å²) in [4.78, 5) is 13.5. The molecular formula is C12H13Cl2NO. The first kappa shape index (κ1) is 11.7. The Morgan fingerprint density at radius 1 is 1.44 bits per heavy atom. The summed E-state index contributed by atoms with van der Waals surface area (Å²) in [6.07, 6.45) is 0.573. The van der Waals surface area contributed by atoms with Crippen LogP contribution >= 0.6 is 23.2 Å². The molecule has 0 saturated carbocycles. The Bertz CT molecular complexity index is 394. The number of halogens is 2. The summed E-state index contributed by atoms with van der Waals surface area (Å²) in [6, 6.07) is 7.60. The van der Waals surface area contributed by atoms with E-state index in [4.69, 9.17) is 23.2 Å². The molecule has 0 bridgehead atoms. The average Bonchev–Trinajstić information content (AvgIpc) is 2.60. The normalized spacial score (nSPS) is 20.5. The van der Waals surface area contributed by atoms with Gasteiger partial charge < -0.3 is 4.90 Å². The molecule has 1 unspecified atom stereocenters. The molecular weight excluding hydrogens is 245 g/mol. The van der Waals surface area contributed by atoms with E-state index < -0.39 is 0 Å². The Morgan fingerprint density at radius 3 is 2.88 bits per heavy atom. The number of alkyl halides is 1. The molecule has 2 nitrogen and oxygen atoms in total. The summed E-state index contributed by atoms with van der Waals surface area (Å²) in [5, 5.41) is 0.707. The van der Waals surface area contributed by atoms with E-state index >= 15 is 0 Å². The molecule has 86 valence electrons. The predicted molar refractivity (Wildman–Crippen MR) is 65.7 cm³/mol. The van der Waals surface area contributed by atoms with Gasteiger partial charge in [0.15, 0.2) is 0 Å². The van der Waals surface area contributed by atoms with Gasteiger partial charge in [0.25, 0.3) is 0 Å². The highest BCUT2D eigenvalue weighted by Crippen LogP contribution is 2.21. The summed E-state index contributed by atoms with van der Waals surface area (Å²) >= 11 is 11.7. The first-order valence-electron chi connectivity index (χ1n) is 5.27. The summed E-state index contributed by atoms with van der Waals surface area (Å²) in [7, 11) is 0. The van der Waals surface area contributed by atoms with Gasteiger partial charge in [-0.15, -0.1) is 11.6 Å². The molecule has 0 spiro atoms. The number of carbonyl (C=O) groups is 1. The van der Waals surface area contributed by atoms with Crippen LogP contribution in [-0.4, -0.2) is 23.2 Å². The van der Waals surface area contributed by atoms with Crippen molar-refractivity contribution in [3.8, 4) is 0 Å². The lowest BCUT2D eigenvalue weighted by Gasteiger charge is -2.16. The van der Waals surface area contributed by atoms with E-state index in [-0.39, 0.29) is 5.91 Å². The van der Waals surface area contributed by atoms with Gasteiger partial charge in [0.1, 0.15) is 0 Å². The predicted octanol–water partition coefficient (Wildman–Crippen LogP) is 2.93. The van der Waals surface area contributed by atoms with Crippen LogP contribution in [0, 0.1) is 5.92 Å². The number of hydrogen-bond acceptors (Lipinski definition) is 1. The molecule has 1 amide bonds. The van der Waals surface area contributed by atoms with Crippen LogP contribution in [-0.2, 0) is 11.3 Å². The second kappa shape index (κ2) is 5.07. The van der Waals surface area contributed by atoms with Crippen molar-refractivity contribution in [3.05, 3.63) is 34.9 Å². The van der Waals surface area contributed by atoms with Crippen molar-refractivity contribution in [3.63, 3.8) is 0 Å². The van der Waals surface area contributed by atoms with Crippen molar-refractivity contribution < 1.29 is 4.79 Å². The van der Waals surface area contributed by atoms with Gasteiger partial charge in [-0.1, -0.05) is 23.7 Å². The fourth-order valence-corrected chi connectivity index (χ4v) is 2.39. The lowest BCUT2D eigenvalue weighted by Crippen LogP contribution is -2.24. The number of rotatable bonds is 3. The molecule has 0 radical (unpaired) electrons. The van der Waals surface area contributed by atoms with Gasteiger partial charge in [0.05, 0.1) is 0 Å². The Balaban J connectivity index is 2.03. The van der Waals surface area contributed by atoms with Crippen LogP contribution in [0.5, 0.6) is 0 Å². The zero-order valence-corrected chi connectivity index (χ0v) is 10.3. The maximum atomic E-state index is 11.7. The van der Waals surface area contributed by atoms with Gasteiger partial charge in [0, 0.05) is 30.4 Å². The molecule has 1 fully saturated rings. The van der Waals surface area contributed by atoms with Gasteiger partial charge in [-0.2, -0.15) is 0 Å². The molecule has 0 aromatic heterocycles. The molecule has 1 atom stereocenters. The van der Waals surface area contributed by atoms with Crippen LogP contribution in [0.2, 0.25) is 5.02 Å². The minimum absolute atomic E-state index is 0.186. The second-order valence-corrected chi connectivity index (χ2v) is 4.87. The summed E-state index contributed by atoms with van der Waals surface area (Å²) in [5.41, 5.74) is 1.07. The van der Waals surface area contributed by atoms with Gasteiger partial charge in [-0.25, -0.2) is 0 Å². The molecule has 1 aromatic carbocycles. The second-order valence-electron chi connectivity index (χ2n) is 4.13. The first-order chi connectivity index (χ1) is 7.69. The minimum atomic E-state index is 0.186. The highest BCUT2D eigenvalue weighted by molar-refractivity contribution is 6.30. The van der Waals surface area contributed by atoms with Crippen molar-refractivity contribution >= 4 is 29.1 Å². The zero-order chi connectivity index (χ0) is 11.5. The van der Waals surface area contributed by atoms with Crippen LogP contribution in [0.4, 0.5) is 0 Å². The number of carbonyl (C=O) groups excluding carboxylic acids is 1. The largest absolute Gasteiger partial charge is 0.338 e. The van der Waals surface area contributed by atoms with Crippen LogP contribution in [0.3, 0.4) is 0 Å².